The quantitative estimate of drug-likeness (QED) is 0.310. The molecule has 0 aromatic rings. The maximum absolute atomic E-state index is 7.15. The van der Waals surface area contributed by atoms with Crippen LogP contribution >= 0.6 is 0 Å². The summed E-state index contributed by atoms with van der Waals surface area (Å²) in [4.78, 5) is 3.39. The van der Waals surface area contributed by atoms with Crippen LogP contribution in [0, 0.1) is 10.8 Å². The third-order valence-electron chi connectivity index (χ3n) is 1.94. The number of nitrogens with two attached hydrogens (primary N) is 1. The summed E-state index contributed by atoms with van der Waals surface area (Å²) in [5.74, 6) is -0.0793. The lowest BCUT2D eigenvalue weighted by molar-refractivity contribution is 0.252. The van der Waals surface area contributed by atoms with Gasteiger partial charge in [0.15, 0.2) is 5.96 Å². The van der Waals surface area contributed by atoms with Crippen LogP contribution in [-0.2, 0) is 0 Å². The Balaban J connectivity index is 2.39. The van der Waals surface area contributed by atoms with Gasteiger partial charge in [-0.2, -0.15) is 0 Å². The summed E-state index contributed by atoms with van der Waals surface area (Å²) < 4.78 is 0. The maximum atomic E-state index is 7.15. The van der Waals surface area contributed by atoms with Gasteiger partial charge in [-0.25, -0.2) is 0 Å². The number of hydrogen-bond donors (Lipinski definition) is 3. The van der Waals surface area contributed by atoms with E-state index in [0.29, 0.717) is 26.2 Å². The summed E-state index contributed by atoms with van der Waals surface area (Å²) in [5.41, 5.74) is 12.3. The Kier molecular flexibility index (Phi) is 2.37. The third-order valence-corrected chi connectivity index (χ3v) is 1.94. The van der Waals surface area contributed by atoms with Crippen molar-refractivity contribution in [3.63, 3.8) is 0 Å². The molecule has 1 radical (unpaired) electrons. The predicted molar refractivity (Wildman–Crippen MR) is 45.9 cm³/mol. The first kappa shape index (κ1) is 8.63. The summed E-state index contributed by atoms with van der Waals surface area (Å²) in [6, 6.07) is 0. The van der Waals surface area contributed by atoms with E-state index in [4.69, 9.17) is 22.3 Å². The molecule has 0 aromatic heterocycles. The van der Waals surface area contributed by atoms with Gasteiger partial charge in [0.25, 0.3) is 0 Å². The van der Waals surface area contributed by atoms with Crippen LogP contribution in [0.25, 0.3) is 0 Å². The van der Waals surface area contributed by atoms with Gasteiger partial charge in [-0.3, -0.25) is 16.6 Å². The zero-order valence-corrected chi connectivity index (χ0v) is 6.80. The summed E-state index contributed by atoms with van der Waals surface area (Å²) in [6.07, 6.45) is 0. The second-order valence-corrected chi connectivity index (χ2v) is 2.71. The molecule has 1 saturated heterocycles. The Morgan fingerprint density at radius 2 is 1.42 bits per heavy atom. The van der Waals surface area contributed by atoms with Crippen LogP contribution in [0.4, 0.5) is 0 Å². The molecule has 1 fully saturated rings. The van der Waals surface area contributed by atoms with Crippen molar-refractivity contribution in [3.05, 3.63) is 0 Å². The Hall–Kier alpha value is -1.46. The van der Waals surface area contributed by atoms with E-state index in [1.54, 1.807) is 9.80 Å². The lowest BCUT2D eigenvalue weighted by Gasteiger charge is -2.34. The van der Waals surface area contributed by atoms with E-state index in [-0.39, 0.29) is 11.9 Å². The number of nitrogens with zero attached hydrogens (tertiary/aromatic N) is 2. The highest BCUT2D eigenvalue weighted by atomic mass is 15.3. The van der Waals surface area contributed by atoms with E-state index >= 15 is 0 Å². The molecular weight excluding hydrogens is 156 g/mol. The molecule has 1 aliphatic rings. The van der Waals surface area contributed by atoms with Gasteiger partial charge in [0.05, 0.1) is 0 Å². The van der Waals surface area contributed by atoms with Gasteiger partial charge in [-0.15, -0.1) is 0 Å². The summed E-state index contributed by atoms with van der Waals surface area (Å²) in [6.45, 7) is 2.50. The molecule has 1 aliphatic heterocycles. The molecule has 0 aliphatic carbocycles. The van der Waals surface area contributed by atoms with Crippen molar-refractivity contribution in [1.82, 2.24) is 15.5 Å². The molecule has 0 bridgehead atoms. The molecule has 0 spiro atoms. The minimum atomic E-state index is -0.154. The first-order chi connectivity index (χ1) is 5.61. The molecule has 12 heavy (non-hydrogen) atoms. The normalized spacial score (nSPS) is 17.7. The molecule has 6 heteroatoms. The van der Waals surface area contributed by atoms with Crippen molar-refractivity contribution >= 4 is 11.9 Å². The van der Waals surface area contributed by atoms with Crippen molar-refractivity contribution in [2.75, 3.05) is 26.2 Å². The van der Waals surface area contributed by atoms with Gasteiger partial charge in [0.2, 0.25) is 5.96 Å². The molecule has 0 aromatic carbocycles. The molecule has 1 heterocycles. The largest absolute Gasteiger partial charge is 0.370 e. The van der Waals surface area contributed by atoms with Crippen LogP contribution in [0.15, 0.2) is 0 Å². The zero-order chi connectivity index (χ0) is 9.14. The van der Waals surface area contributed by atoms with Crippen LogP contribution in [0.1, 0.15) is 0 Å². The van der Waals surface area contributed by atoms with Crippen molar-refractivity contribution in [2.45, 2.75) is 0 Å². The average molecular weight is 169 g/mol. The monoisotopic (exact) mass is 169 g/mol. The first-order valence-corrected chi connectivity index (χ1v) is 3.75. The number of piperazine rings is 1. The SMILES string of the molecule is [NH]C(=N)N1CCN(C(=N)N)CC1. The zero-order valence-electron chi connectivity index (χ0n) is 6.80. The third kappa shape index (κ3) is 1.77. The van der Waals surface area contributed by atoms with E-state index in [1.165, 1.54) is 0 Å². The van der Waals surface area contributed by atoms with E-state index in [0.717, 1.165) is 0 Å². The average Bonchev–Trinajstić information content (AvgIpc) is 2.04. The van der Waals surface area contributed by atoms with Gasteiger partial charge in [-0.05, 0) is 0 Å². The summed E-state index contributed by atoms with van der Waals surface area (Å²) >= 11 is 0. The molecule has 0 amide bonds. The summed E-state index contributed by atoms with van der Waals surface area (Å²) in [7, 11) is 0. The molecule has 0 atom stereocenters. The van der Waals surface area contributed by atoms with E-state index < -0.39 is 0 Å². The fourth-order valence-electron chi connectivity index (χ4n) is 1.17. The number of guanidine groups is 2. The van der Waals surface area contributed by atoms with E-state index in [1.807, 2.05) is 0 Å². The molecule has 0 saturated carbocycles. The Labute approximate surface area is 71.1 Å². The number of hydrogen-bond acceptors (Lipinski definition) is 2. The standard InChI is InChI=1S/C6H13N6/c7-5(8)11-1-2-12(4-3-11)6(9)10/h7-8H,1-4H2,(H3,9,10). The Morgan fingerprint density at radius 1 is 1.00 bits per heavy atom. The molecule has 6 nitrogen and oxygen atoms in total. The van der Waals surface area contributed by atoms with Gasteiger partial charge in [0.1, 0.15) is 0 Å². The first-order valence-electron chi connectivity index (χ1n) is 3.75. The minimum absolute atomic E-state index is 0.0751. The topological polar surface area (TPSA) is 104 Å². The molecule has 67 valence electrons. The maximum Gasteiger partial charge on any atom is 0.210 e. The molecule has 1 rings (SSSR count). The lowest BCUT2D eigenvalue weighted by Crippen LogP contribution is -2.52. The fourth-order valence-corrected chi connectivity index (χ4v) is 1.17. The Morgan fingerprint density at radius 3 is 1.75 bits per heavy atom. The lowest BCUT2D eigenvalue weighted by atomic mass is 10.3. The Bertz CT molecular complexity index is 170. The van der Waals surface area contributed by atoms with Crippen LogP contribution in [0.3, 0.4) is 0 Å². The highest BCUT2D eigenvalue weighted by molar-refractivity contribution is 5.76. The van der Waals surface area contributed by atoms with Gasteiger partial charge in [-0.1, -0.05) is 0 Å². The highest BCUT2D eigenvalue weighted by Crippen LogP contribution is 1.99. The van der Waals surface area contributed by atoms with Crippen LogP contribution in [0.5, 0.6) is 0 Å². The van der Waals surface area contributed by atoms with E-state index in [2.05, 4.69) is 0 Å². The predicted octanol–water partition coefficient (Wildman–Crippen LogP) is -1.28. The molecule has 5 N–H and O–H groups in total. The molecular formula is C6H13N6. The van der Waals surface area contributed by atoms with Crippen molar-refractivity contribution in [3.8, 4) is 0 Å². The summed E-state index contributed by atoms with van der Waals surface area (Å²) in [5, 5.41) is 14.2. The van der Waals surface area contributed by atoms with Crippen molar-refractivity contribution < 1.29 is 0 Å². The van der Waals surface area contributed by atoms with Crippen LogP contribution in [0.2, 0.25) is 0 Å². The minimum Gasteiger partial charge on any atom is -0.370 e. The van der Waals surface area contributed by atoms with E-state index in [9.17, 15) is 0 Å². The smallest absolute Gasteiger partial charge is 0.210 e. The number of nitrogens with one attached hydrogen (secondary N) is 3. The number of rotatable bonds is 0. The van der Waals surface area contributed by atoms with Crippen LogP contribution < -0.4 is 11.5 Å². The van der Waals surface area contributed by atoms with Gasteiger partial charge >= 0.3 is 0 Å². The highest BCUT2D eigenvalue weighted by Gasteiger charge is 2.17. The second kappa shape index (κ2) is 3.29. The van der Waals surface area contributed by atoms with Gasteiger partial charge in [0, 0.05) is 26.2 Å². The van der Waals surface area contributed by atoms with Crippen molar-refractivity contribution in [2.24, 2.45) is 5.73 Å². The van der Waals surface area contributed by atoms with Crippen molar-refractivity contribution in [1.29, 1.82) is 10.8 Å². The second-order valence-electron chi connectivity index (χ2n) is 2.71. The molecule has 0 unspecified atom stereocenters. The van der Waals surface area contributed by atoms with Gasteiger partial charge < -0.3 is 15.5 Å². The fraction of sp³-hybridized carbons (Fsp3) is 0.667. The van der Waals surface area contributed by atoms with Crippen LogP contribution in [-0.4, -0.2) is 47.9 Å².